The highest BCUT2D eigenvalue weighted by Gasteiger charge is 2.33. The third-order valence-electron chi connectivity index (χ3n) is 4.60. The molecular weight excluding hydrogens is 390 g/mol. The number of hydrogen-bond acceptors (Lipinski definition) is 5. The van der Waals surface area contributed by atoms with Crippen molar-refractivity contribution in [3.05, 3.63) is 29.3 Å². The van der Waals surface area contributed by atoms with Gasteiger partial charge in [0, 0.05) is 18.1 Å². The van der Waals surface area contributed by atoms with E-state index >= 15 is 0 Å². The monoisotopic (exact) mass is 417 g/mol. The van der Waals surface area contributed by atoms with Crippen LogP contribution in [0.3, 0.4) is 0 Å². The molecule has 9 heteroatoms. The molecule has 1 aromatic carbocycles. The van der Waals surface area contributed by atoms with Gasteiger partial charge in [0.2, 0.25) is 15.9 Å². The zero-order chi connectivity index (χ0) is 20.2. The Kier molecular flexibility index (Phi) is 7.64. The summed E-state index contributed by atoms with van der Waals surface area (Å²) in [6.45, 7) is 4.12. The first-order chi connectivity index (χ1) is 12.6. The number of aliphatic hydroxyl groups excluding tert-OH is 1. The van der Waals surface area contributed by atoms with Crippen molar-refractivity contribution in [2.24, 2.45) is 11.7 Å². The summed E-state index contributed by atoms with van der Waals surface area (Å²) in [4.78, 5) is 12.3. The minimum atomic E-state index is -3.77. The third kappa shape index (κ3) is 5.89. The fraction of sp³-hybridized carbons (Fsp3) is 0.611. The van der Waals surface area contributed by atoms with E-state index in [1.807, 2.05) is 13.8 Å². The van der Waals surface area contributed by atoms with E-state index in [9.17, 15) is 18.3 Å². The lowest BCUT2D eigenvalue weighted by Gasteiger charge is -2.26. The van der Waals surface area contributed by atoms with Crippen LogP contribution in [0.25, 0.3) is 0 Å². The van der Waals surface area contributed by atoms with Crippen LogP contribution in [0.15, 0.2) is 29.2 Å². The summed E-state index contributed by atoms with van der Waals surface area (Å²) in [6, 6.07) is 4.86. The fourth-order valence-electron chi connectivity index (χ4n) is 3.17. The molecule has 1 amide bonds. The summed E-state index contributed by atoms with van der Waals surface area (Å²) >= 11 is 5.91. The molecular formula is C18H28ClN3O4S. The van der Waals surface area contributed by atoms with Crippen molar-refractivity contribution in [1.29, 1.82) is 0 Å². The minimum Gasteiger partial charge on any atom is -0.390 e. The first kappa shape index (κ1) is 22.1. The number of hydrogen-bond donors (Lipinski definition) is 3. The maximum Gasteiger partial charge on any atom is 0.243 e. The highest BCUT2D eigenvalue weighted by molar-refractivity contribution is 7.89. The summed E-state index contributed by atoms with van der Waals surface area (Å²) in [6.07, 6.45) is 0.519. The highest BCUT2D eigenvalue weighted by atomic mass is 35.5. The van der Waals surface area contributed by atoms with Gasteiger partial charge in [-0.05, 0) is 43.4 Å². The van der Waals surface area contributed by atoms with Gasteiger partial charge in [-0.3, -0.25) is 4.79 Å². The zero-order valence-electron chi connectivity index (χ0n) is 15.6. The van der Waals surface area contributed by atoms with Gasteiger partial charge in [-0.25, -0.2) is 8.42 Å². The summed E-state index contributed by atoms with van der Waals surface area (Å²) in [5.74, 6) is -0.0398. The molecule has 0 aliphatic carbocycles. The zero-order valence-corrected chi connectivity index (χ0v) is 17.2. The average Bonchev–Trinajstić information content (AvgIpc) is 2.76. The molecule has 0 spiro atoms. The number of halogens is 1. The van der Waals surface area contributed by atoms with Gasteiger partial charge in [0.1, 0.15) is 0 Å². The van der Waals surface area contributed by atoms with Crippen LogP contribution < -0.4 is 11.1 Å². The van der Waals surface area contributed by atoms with Gasteiger partial charge in [0.05, 0.1) is 23.1 Å². The molecule has 1 heterocycles. The molecule has 152 valence electrons. The van der Waals surface area contributed by atoms with Gasteiger partial charge in [0.15, 0.2) is 0 Å². The number of nitrogens with two attached hydrogens (primary N) is 1. The summed E-state index contributed by atoms with van der Waals surface area (Å²) in [7, 11) is -3.77. The second-order valence-corrected chi connectivity index (χ2v) is 9.76. The Morgan fingerprint density at radius 1 is 1.44 bits per heavy atom. The van der Waals surface area contributed by atoms with Crippen molar-refractivity contribution in [2.75, 3.05) is 13.1 Å². The van der Waals surface area contributed by atoms with E-state index in [1.165, 1.54) is 16.4 Å². The topological polar surface area (TPSA) is 113 Å². The number of sulfonamides is 1. The number of carbonyl (C=O) groups is 1. The van der Waals surface area contributed by atoms with Crippen LogP contribution in [0.5, 0.6) is 0 Å². The standard InChI is InChI=1S/C18H28ClN3O4S/c1-12(2)9-15(20)18(24)21-16-7-4-8-22(11-17(16)23)27(25,26)14-6-3-5-13(19)10-14/h3,5-6,10,12,15-17,23H,4,7-9,11,20H2,1-2H3,(H,21,24)/t15?,16?,17-/m0/s1. The number of rotatable bonds is 6. The summed E-state index contributed by atoms with van der Waals surface area (Å²) < 4.78 is 26.9. The molecule has 4 N–H and O–H groups in total. The fourth-order valence-corrected chi connectivity index (χ4v) is 4.97. The predicted octanol–water partition coefficient (Wildman–Crippen LogP) is 1.34. The lowest BCUT2D eigenvalue weighted by Crippen LogP contribution is -2.51. The van der Waals surface area contributed by atoms with E-state index in [1.54, 1.807) is 12.1 Å². The second kappa shape index (κ2) is 9.34. The van der Waals surface area contributed by atoms with Gasteiger partial charge in [0.25, 0.3) is 0 Å². The molecule has 0 radical (unpaired) electrons. The molecule has 0 bridgehead atoms. The van der Waals surface area contributed by atoms with Crippen molar-refractivity contribution in [2.45, 2.75) is 56.2 Å². The van der Waals surface area contributed by atoms with Gasteiger partial charge < -0.3 is 16.2 Å². The summed E-state index contributed by atoms with van der Waals surface area (Å²) in [5, 5.41) is 13.6. The van der Waals surface area contributed by atoms with Crippen LogP contribution in [0, 0.1) is 5.92 Å². The SMILES string of the molecule is CC(C)CC(N)C(=O)NC1CCCN(S(=O)(=O)c2cccc(Cl)c2)C[C@@H]1O. The number of aliphatic hydroxyl groups is 1. The molecule has 1 aliphatic heterocycles. The molecule has 7 nitrogen and oxygen atoms in total. The maximum absolute atomic E-state index is 12.8. The first-order valence-electron chi connectivity index (χ1n) is 9.11. The van der Waals surface area contributed by atoms with Crippen LogP contribution >= 0.6 is 11.6 Å². The van der Waals surface area contributed by atoms with Gasteiger partial charge in [-0.1, -0.05) is 31.5 Å². The van der Waals surface area contributed by atoms with E-state index in [-0.39, 0.29) is 29.8 Å². The molecule has 1 aliphatic rings. The van der Waals surface area contributed by atoms with E-state index < -0.39 is 28.2 Å². The summed E-state index contributed by atoms with van der Waals surface area (Å²) in [5.41, 5.74) is 5.89. The Morgan fingerprint density at radius 3 is 2.78 bits per heavy atom. The number of β-amino-alcohol motifs (C(OH)–C–C–N with tert-alkyl or cyclic N) is 1. The van der Waals surface area contributed by atoms with E-state index in [0.717, 1.165) is 0 Å². The van der Waals surface area contributed by atoms with Crippen molar-refractivity contribution in [3.8, 4) is 0 Å². The second-order valence-electron chi connectivity index (χ2n) is 7.38. The Morgan fingerprint density at radius 2 is 2.15 bits per heavy atom. The Labute approximate surface area is 165 Å². The van der Waals surface area contributed by atoms with E-state index in [2.05, 4.69) is 5.32 Å². The first-order valence-corrected chi connectivity index (χ1v) is 10.9. The largest absolute Gasteiger partial charge is 0.390 e. The number of benzene rings is 1. The number of nitrogens with one attached hydrogen (secondary N) is 1. The number of amides is 1. The van der Waals surface area contributed by atoms with E-state index in [4.69, 9.17) is 17.3 Å². The molecule has 1 fully saturated rings. The molecule has 1 saturated heterocycles. The van der Waals surface area contributed by atoms with Crippen molar-refractivity contribution >= 4 is 27.5 Å². The van der Waals surface area contributed by atoms with Crippen LogP contribution in [-0.2, 0) is 14.8 Å². The minimum absolute atomic E-state index is 0.0867. The highest BCUT2D eigenvalue weighted by Crippen LogP contribution is 2.23. The van der Waals surface area contributed by atoms with Crippen LogP contribution in [0.4, 0.5) is 0 Å². The maximum atomic E-state index is 12.8. The van der Waals surface area contributed by atoms with Gasteiger partial charge >= 0.3 is 0 Å². The van der Waals surface area contributed by atoms with Crippen molar-refractivity contribution < 1.29 is 18.3 Å². The van der Waals surface area contributed by atoms with Crippen molar-refractivity contribution in [3.63, 3.8) is 0 Å². The third-order valence-corrected chi connectivity index (χ3v) is 6.70. The predicted molar refractivity (Wildman–Crippen MR) is 105 cm³/mol. The van der Waals surface area contributed by atoms with E-state index in [0.29, 0.717) is 24.3 Å². The molecule has 27 heavy (non-hydrogen) atoms. The van der Waals surface area contributed by atoms with Crippen LogP contribution in [-0.4, -0.2) is 55.0 Å². The lowest BCUT2D eigenvalue weighted by atomic mass is 10.0. The Bertz CT molecular complexity index is 757. The smallest absolute Gasteiger partial charge is 0.243 e. The van der Waals surface area contributed by atoms with Crippen molar-refractivity contribution in [1.82, 2.24) is 9.62 Å². The molecule has 1 aromatic rings. The Balaban J connectivity index is 2.07. The van der Waals surface area contributed by atoms with Crippen LogP contribution in [0.1, 0.15) is 33.1 Å². The lowest BCUT2D eigenvalue weighted by molar-refractivity contribution is -0.124. The van der Waals surface area contributed by atoms with Crippen LogP contribution in [0.2, 0.25) is 5.02 Å². The number of carbonyl (C=O) groups excluding carboxylic acids is 1. The molecule has 2 rings (SSSR count). The quantitative estimate of drug-likeness (QED) is 0.646. The Hall–Kier alpha value is -1.19. The molecule has 0 aromatic heterocycles. The molecule has 3 atom stereocenters. The average molecular weight is 418 g/mol. The normalized spacial score (nSPS) is 23.0. The molecule has 2 unspecified atom stereocenters. The van der Waals surface area contributed by atoms with Gasteiger partial charge in [-0.15, -0.1) is 0 Å². The number of nitrogens with zero attached hydrogens (tertiary/aromatic N) is 1. The van der Waals surface area contributed by atoms with Gasteiger partial charge in [-0.2, -0.15) is 4.31 Å². The molecule has 0 saturated carbocycles.